The maximum atomic E-state index is 9.02. The zero-order valence-corrected chi connectivity index (χ0v) is 7.64. The van der Waals surface area contributed by atoms with Crippen LogP contribution in [0.5, 0.6) is 0 Å². The van der Waals surface area contributed by atoms with Gasteiger partial charge < -0.3 is 20.1 Å². The van der Waals surface area contributed by atoms with Gasteiger partial charge in [0.15, 0.2) is 0 Å². The van der Waals surface area contributed by atoms with E-state index in [1.165, 1.54) is 0 Å². The number of aliphatic hydroxyl groups excluding tert-OH is 2. The molecule has 1 unspecified atom stereocenters. The van der Waals surface area contributed by atoms with Gasteiger partial charge in [0.05, 0.1) is 24.7 Å². The highest BCUT2D eigenvalue weighted by Gasteiger charge is 2.01. The molecule has 0 aliphatic carbocycles. The van der Waals surface area contributed by atoms with Crippen LogP contribution in [0.1, 0.15) is 5.69 Å². The van der Waals surface area contributed by atoms with Gasteiger partial charge in [0.25, 0.3) is 0 Å². The van der Waals surface area contributed by atoms with Crippen LogP contribution in [-0.4, -0.2) is 39.0 Å². The Bertz CT molecular complexity index is 249. The molecule has 0 saturated heterocycles. The zero-order chi connectivity index (χ0) is 9.68. The molecule has 1 heterocycles. The minimum absolute atomic E-state index is 0.210. The molecule has 13 heavy (non-hydrogen) atoms. The molecule has 74 valence electrons. The van der Waals surface area contributed by atoms with Crippen LogP contribution in [0.15, 0.2) is 12.5 Å². The molecule has 1 aromatic heterocycles. The molecule has 0 fully saturated rings. The lowest BCUT2D eigenvalue weighted by atomic mass is 10.3. The monoisotopic (exact) mass is 185 g/mol. The lowest BCUT2D eigenvalue weighted by Crippen LogP contribution is -2.29. The van der Waals surface area contributed by atoms with Gasteiger partial charge in [-0.2, -0.15) is 0 Å². The molecule has 0 aliphatic rings. The summed E-state index contributed by atoms with van der Waals surface area (Å²) in [6, 6.07) is 0. The Morgan fingerprint density at radius 2 is 2.46 bits per heavy atom. The van der Waals surface area contributed by atoms with Crippen LogP contribution >= 0.6 is 0 Å². The molecule has 3 N–H and O–H groups in total. The number of nitrogens with zero attached hydrogens (tertiary/aromatic N) is 2. The van der Waals surface area contributed by atoms with Crippen molar-refractivity contribution in [3.05, 3.63) is 18.2 Å². The summed E-state index contributed by atoms with van der Waals surface area (Å²) in [7, 11) is 1.91. The van der Waals surface area contributed by atoms with Crippen molar-refractivity contribution in [1.82, 2.24) is 14.9 Å². The highest BCUT2D eigenvalue weighted by molar-refractivity contribution is 4.96. The Labute approximate surface area is 77.0 Å². The fourth-order valence-electron chi connectivity index (χ4n) is 0.986. The Hall–Kier alpha value is -0.910. The first-order valence-corrected chi connectivity index (χ1v) is 4.19. The number of nitrogens with one attached hydrogen (secondary N) is 1. The quantitative estimate of drug-likeness (QED) is 0.542. The lowest BCUT2D eigenvalue weighted by Gasteiger charge is -2.08. The first-order chi connectivity index (χ1) is 6.24. The van der Waals surface area contributed by atoms with Crippen LogP contribution < -0.4 is 5.32 Å². The summed E-state index contributed by atoms with van der Waals surface area (Å²) in [5.41, 5.74) is 1.05. The van der Waals surface area contributed by atoms with Gasteiger partial charge >= 0.3 is 0 Å². The second-order valence-corrected chi connectivity index (χ2v) is 2.96. The molecule has 0 radical (unpaired) electrons. The number of aromatic nitrogens is 2. The Morgan fingerprint density at radius 3 is 3.00 bits per heavy atom. The fourth-order valence-corrected chi connectivity index (χ4v) is 0.986. The molecule has 1 rings (SSSR count). The van der Waals surface area contributed by atoms with Crippen molar-refractivity contribution in [2.24, 2.45) is 7.05 Å². The van der Waals surface area contributed by atoms with E-state index in [9.17, 15) is 0 Å². The number of aliphatic hydroxyl groups is 2. The number of hydrogen-bond acceptors (Lipinski definition) is 4. The maximum Gasteiger partial charge on any atom is 0.0945 e. The van der Waals surface area contributed by atoms with Gasteiger partial charge in [-0.25, -0.2) is 4.98 Å². The summed E-state index contributed by atoms with van der Waals surface area (Å²) < 4.78 is 1.90. The van der Waals surface area contributed by atoms with Crippen molar-refractivity contribution in [2.45, 2.75) is 12.6 Å². The van der Waals surface area contributed by atoms with Crippen molar-refractivity contribution in [1.29, 1.82) is 0 Å². The topological polar surface area (TPSA) is 70.3 Å². The third kappa shape index (κ3) is 3.14. The molecule has 1 aromatic rings. The van der Waals surface area contributed by atoms with Crippen molar-refractivity contribution < 1.29 is 10.2 Å². The number of imidazole rings is 1. The second kappa shape index (κ2) is 4.96. The summed E-state index contributed by atoms with van der Waals surface area (Å²) in [6.45, 7) is 0.827. The molecule has 5 nitrogen and oxygen atoms in total. The first-order valence-electron chi connectivity index (χ1n) is 4.19. The Balaban J connectivity index is 2.24. The van der Waals surface area contributed by atoms with E-state index in [-0.39, 0.29) is 6.61 Å². The van der Waals surface area contributed by atoms with Gasteiger partial charge in [-0.15, -0.1) is 0 Å². The zero-order valence-electron chi connectivity index (χ0n) is 7.64. The van der Waals surface area contributed by atoms with E-state index in [1.807, 2.05) is 11.6 Å². The fraction of sp³-hybridized carbons (Fsp3) is 0.625. The van der Waals surface area contributed by atoms with Crippen molar-refractivity contribution in [3.63, 3.8) is 0 Å². The molecule has 0 spiro atoms. The van der Waals surface area contributed by atoms with Gasteiger partial charge in [-0.1, -0.05) is 0 Å². The van der Waals surface area contributed by atoms with Gasteiger partial charge in [0.2, 0.25) is 0 Å². The van der Waals surface area contributed by atoms with Gasteiger partial charge in [0, 0.05) is 26.3 Å². The third-order valence-electron chi connectivity index (χ3n) is 1.81. The van der Waals surface area contributed by atoms with E-state index < -0.39 is 6.10 Å². The predicted molar refractivity (Wildman–Crippen MR) is 48.0 cm³/mol. The first kappa shape index (κ1) is 10.2. The molecular formula is C8H15N3O2. The van der Waals surface area contributed by atoms with E-state index in [0.29, 0.717) is 13.1 Å². The molecule has 0 amide bonds. The van der Waals surface area contributed by atoms with E-state index in [1.54, 1.807) is 12.5 Å². The average Bonchev–Trinajstić information content (AvgIpc) is 2.52. The third-order valence-corrected chi connectivity index (χ3v) is 1.81. The summed E-state index contributed by atoms with van der Waals surface area (Å²) in [5.74, 6) is 0. The lowest BCUT2D eigenvalue weighted by molar-refractivity contribution is 0.0941. The van der Waals surface area contributed by atoms with Crippen LogP contribution in [0, 0.1) is 0 Å². The standard InChI is InChI=1S/C8H15N3O2/c1-11-6-10-3-7(11)2-9-4-8(13)5-12/h3,6,8-9,12-13H,2,4-5H2,1H3. The summed E-state index contributed by atoms with van der Waals surface area (Å²) in [4.78, 5) is 3.95. The summed E-state index contributed by atoms with van der Waals surface area (Å²) in [5, 5.41) is 20.6. The van der Waals surface area contributed by atoms with Crippen LogP contribution in [0.3, 0.4) is 0 Å². The molecule has 0 saturated carbocycles. The minimum Gasteiger partial charge on any atom is -0.394 e. The normalized spacial score (nSPS) is 13.2. The van der Waals surface area contributed by atoms with Crippen LogP contribution in [0.4, 0.5) is 0 Å². The van der Waals surface area contributed by atoms with Crippen LogP contribution in [0.2, 0.25) is 0 Å². The second-order valence-electron chi connectivity index (χ2n) is 2.96. The van der Waals surface area contributed by atoms with Gasteiger partial charge in [0.1, 0.15) is 0 Å². The van der Waals surface area contributed by atoms with Crippen LogP contribution in [0.25, 0.3) is 0 Å². The smallest absolute Gasteiger partial charge is 0.0945 e. The van der Waals surface area contributed by atoms with Gasteiger partial charge in [-0.05, 0) is 0 Å². The average molecular weight is 185 g/mol. The number of rotatable bonds is 5. The summed E-state index contributed by atoms with van der Waals surface area (Å²) >= 11 is 0. The highest BCUT2D eigenvalue weighted by atomic mass is 16.3. The van der Waals surface area contributed by atoms with Crippen molar-refractivity contribution in [2.75, 3.05) is 13.2 Å². The van der Waals surface area contributed by atoms with Crippen molar-refractivity contribution >= 4 is 0 Å². The van der Waals surface area contributed by atoms with Gasteiger partial charge in [-0.3, -0.25) is 0 Å². The molecule has 0 aromatic carbocycles. The van der Waals surface area contributed by atoms with E-state index in [2.05, 4.69) is 10.3 Å². The number of aryl methyl sites for hydroxylation is 1. The van der Waals surface area contributed by atoms with Crippen molar-refractivity contribution in [3.8, 4) is 0 Å². The van der Waals surface area contributed by atoms with Crippen LogP contribution in [-0.2, 0) is 13.6 Å². The van der Waals surface area contributed by atoms with E-state index in [0.717, 1.165) is 5.69 Å². The number of hydrogen-bond donors (Lipinski definition) is 3. The molecular weight excluding hydrogens is 170 g/mol. The van der Waals surface area contributed by atoms with E-state index in [4.69, 9.17) is 10.2 Å². The summed E-state index contributed by atoms with van der Waals surface area (Å²) in [6.07, 6.45) is 2.80. The van der Waals surface area contributed by atoms with E-state index >= 15 is 0 Å². The SMILES string of the molecule is Cn1cncc1CNCC(O)CO. The largest absolute Gasteiger partial charge is 0.394 e. The molecule has 0 aliphatic heterocycles. The minimum atomic E-state index is -0.687. The molecule has 0 bridgehead atoms. The maximum absolute atomic E-state index is 9.02. The Morgan fingerprint density at radius 1 is 1.69 bits per heavy atom. The molecule has 5 heteroatoms. The predicted octanol–water partition coefficient (Wildman–Crippen LogP) is -1.14. The highest BCUT2D eigenvalue weighted by Crippen LogP contribution is 1.94. The molecule has 1 atom stereocenters. The Kier molecular flexibility index (Phi) is 3.88.